The number of halogens is 2. The standard InChI is InChI=1S/C34H43Cl2N5O8S/c1-5-47-31(48-6-2)21-41(23(3)4)33(43)28(18-24-14-16-37-17-15-24)39-32(42)29(40-34(44)49-22-25-10-8-7-9-11-25)20-38-50(45,46)30-13-12-26(35)19-27(30)36/h7-17,19,23,28-29,31,38H,5-6,18,20-22H2,1-4H3,(H,39,42)(H,40,44). The van der Waals surface area contributed by atoms with Crippen molar-refractivity contribution < 1.29 is 37.0 Å². The average molecular weight is 753 g/mol. The summed E-state index contributed by atoms with van der Waals surface area (Å²) in [7, 11) is -4.29. The fourth-order valence-electron chi connectivity index (χ4n) is 4.75. The molecule has 16 heteroatoms. The molecular weight excluding hydrogens is 709 g/mol. The fourth-order valence-corrected chi connectivity index (χ4v) is 6.57. The predicted molar refractivity (Wildman–Crippen MR) is 189 cm³/mol. The predicted octanol–water partition coefficient (Wildman–Crippen LogP) is 4.33. The van der Waals surface area contributed by atoms with Crippen LogP contribution in [0.25, 0.3) is 0 Å². The Balaban J connectivity index is 1.90. The lowest BCUT2D eigenvalue weighted by atomic mass is 10.0. The van der Waals surface area contributed by atoms with Gasteiger partial charge in [-0.3, -0.25) is 14.6 Å². The summed E-state index contributed by atoms with van der Waals surface area (Å²) in [5, 5.41) is 5.24. The Bertz CT molecular complexity index is 1650. The van der Waals surface area contributed by atoms with E-state index in [1.807, 2.05) is 27.7 Å². The number of nitrogens with one attached hydrogen (secondary N) is 3. The van der Waals surface area contributed by atoms with Gasteiger partial charge in [-0.05, 0) is 69.2 Å². The van der Waals surface area contributed by atoms with Gasteiger partial charge in [0.15, 0.2) is 6.29 Å². The molecule has 0 saturated heterocycles. The summed E-state index contributed by atoms with van der Waals surface area (Å²) in [6.45, 7) is 7.33. The second kappa shape index (κ2) is 20.2. The van der Waals surface area contributed by atoms with Gasteiger partial charge in [-0.25, -0.2) is 17.9 Å². The molecule has 0 fully saturated rings. The molecule has 0 aliphatic carbocycles. The first-order valence-electron chi connectivity index (χ1n) is 16.0. The van der Waals surface area contributed by atoms with Gasteiger partial charge in [0.1, 0.15) is 23.6 Å². The molecule has 1 heterocycles. The number of hydrogen-bond donors (Lipinski definition) is 3. The molecule has 272 valence electrons. The lowest BCUT2D eigenvalue weighted by molar-refractivity contribution is -0.163. The molecular formula is C34H43Cl2N5O8S. The van der Waals surface area contributed by atoms with Crippen LogP contribution in [-0.2, 0) is 46.9 Å². The Morgan fingerprint density at radius 2 is 1.54 bits per heavy atom. The number of pyridine rings is 1. The zero-order chi connectivity index (χ0) is 36.7. The van der Waals surface area contributed by atoms with Gasteiger partial charge in [0.25, 0.3) is 0 Å². The van der Waals surface area contributed by atoms with Crippen molar-refractivity contribution in [2.75, 3.05) is 26.3 Å². The van der Waals surface area contributed by atoms with Crippen LogP contribution in [0.3, 0.4) is 0 Å². The highest BCUT2D eigenvalue weighted by atomic mass is 35.5. The van der Waals surface area contributed by atoms with Gasteiger partial charge >= 0.3 is 6.09 Å². The fraction of sp³-hybridized carbons (Fsp3) is 0.412. The van der Waals surface area contributed by atoms with Gasteiger partial charge in [0, 0.05) is 49.6 Å². The Kier molecular flexibility index (Phi) is 16.4. The highest BCUT2D eigenvalue weighted by Crippen LogP contribution is 2.24. The number of rotatable bonds is 19. The van der Waals surface area contributed by atoms with Crippen molar-refractivity contribution in [3.63, 3.8) is 0 Å². The second-order valence-electron chi connectivity index (χ2n) is 11.2. The van der Waals surface area contributed by atoms with Crippen LogP contribution in [-0.4, -0.2) is 86.9 Å². The van der Waals surface area contributed by atoms with Gasteiger partial charge in [-0.2, -0.15) is 0 Å². The third-order valence-electron chi connectivity index (χ3n) is 7.24. The Morgan fingerprint density at radius 3 is 2.14 bits per heavy atom. The van der Waals surface area contributed by atoms with Crippen molar-refractivity contribution in [2.45, 2.75) is 70.0 Å². The van der Waals surface area contributed by atoms with Gasteiger partial charge in [0.2, 0.25) is 21.8 Å². The molecule has 13 nitrogen and oxygen atoms in total. The first-order valence-corrected chi connectivity index (χ1v) is 18.2. The van der Waals surface area contributed by atoms with Crippen molar-refractivity contribution in [3.05, 3.63) is 94.2 Å². The van der Waals surface area contributed by atoms with E-state index in [0.717, 1.165) is 0 Å². The number of alkyl carbamates (subject to hydrolysis) is 1. The number of ether oxygens (including phenoxy) is 3. The maximum atomic E-state index is 14.2. The number of carbonyl (C=O) groups is 3. The minimum Gasteiger partial charge on any atom is -0.445 e. The summed E-state index contributed by atoms with van der Waals surface area (Å²) in [5.41, 5.74) is 1.38. The number of sulfonamides is 1. The first-order chi connectivity index (χ1) is 23.8. The van der Waals surface area contributed by atoms with Crippen LogP contribution in [0.5, 0.6) is 0 Å². The largest absolute Gasteiger partial charge is 0.445 e. The molecule has 2 aromatic carbocycles. The number of nitrogens with zero attached hydrogens (tertiary/aromatic N) is 2. The van der Waals surface area contributed by atoms with Crippen LogP contribution in [0.1, 0.15) is 38.8 Å². The lowest BCUT2D eigenvalue weighted by Crippen LogP contribution is -2.59. The van der Waals surface area contributed by atoms with E-state index in [1.54, 1.807) is 54.9 Å². The SMILES string of the molecule is CCOC(CN(C(=O)C(Cc1ccncc1)NC(=O)C(CNS(=O)(=O)c1ccc(Cl)cc1Cl)NC(=O)OCc1ccccc1)C(C)C)OCC. The monoisotopic (exact) mass is 751 g/mol. The third kappa shape index (κ3) is 12.8. The zero-order valence-corrected chi connectivity index (χ0v) is 30.6. The van der Waals surface area contributed by atoms with Crippen molar-refractivity contribution in [2.24, 2.45) is 0 Å². The van der Waals surface area contributed by atoms with E-state index in [4.69, 9.17) is 37.4 Å². The smallest absolute Gasteiger partial charge is 0.408 e. The van der Waals surface area contributed by atoms with Crippen molar-refractivity contribution >= 4 is 51.1 Å². The minimum atomic E-state index is -4.29. The van der Waals surface area contributed by atoms with E-state index in [0.29, 0.717) is 24.3 Å². The molecule has 0 spiro atoms. The maximum Gasteiger partial charge on any atom is 0.408 e. The molecule has 3 N–H and O–H groups in total. The molecule has 1 aromatic heterocycles. The van der Waals surface area contributed by atoms with E-state index in [2.05, 4.69) is 20.3 Å². The first kappa shape index (κ1) is 40.6. The molecule has 0 saturated carbocycles. The highest BCUT2D eigenvalue weighted by molar-refractivity contribution is 7.89. The Morgan fingerprint density at radius 1 is 0.880 bits per heavy atom. The van der Waals surface area contributed by atoms with Crippen molar-refractivity contribution in [3.8, 4) is 0 Å². The quantitative estimate of drug-likeness (QED) is 0.151. The van der Waals surface area contributed by atoms with E-state index in [9.17, 15) is 22.8 Å². The summed E-state index contributed by atoms with van der Waals surface area (Å²) in [6, 6.07) is 13.1. The number of amides is 3. The van der Waals surface area contributed by atoms with Crippen molar-refractivity contribution in [1.82, 2.24) is 25.2 Å². The van der Waals surface area contributed by atoms with Gasteiger partial charge in [-0.15, -0.1) is 0 Å². The van der Waals surface area contributed by atoms with Crippen LogP contribution >= 0.6 is 23.2 Å². The molecule has 3 rings (SSSR count). The van der Waals surface area contributed by atoms with Crippen LogP contribution in [0.4, 0.5) is 4.79 Å². The number of aromatic nitrogens is 1. The molecule has 0 radical (unpaired) electrons. The second-order valence-corrected chi connectivity index (χ2v) is 13.8. The van der Waals surface area contributed by atoms with Crippen LogP contribution < -0.4 is 15.4 Å². The van der Waals surface area contributed by atoms with E-state index in [1.165, 1.54) is 23.1 Å². The summed E-state index contributed by atoms with van der Waals surface area (Å²) in [5.74, 6) is -1.30. The van der Waals surface area contributed by atoms with Crippen molar-refractivity contribution in [1.29, 1.82) is 0 Å². The summed E-state index contributed by atoms with van der Waals surface area (Å²) in [6.07, 6.45) is 1.47. The number of benzene rings is 2. The maximum absolute atomic E-state index is 14.2. The molecule has 2 unspecified atom stereocenters. The lowest BCUT2D eigenvalue weighted by Gasteiger charge is -2.34. The molecule has 0 bridgehead atoms. The highest BCUT2D eigenvalue weighted by Gasteiger charge is 2.33. The van der Waals surface area contributed by atoms with Crippen LogP contribution in [0.15, 0.2) is 78.0 Å². The molecule has 3 aromatic rings. The molecule has 0 aliphatic heterocycles. The van der Waals surface area contributed by atoms with Crippen LogP contribution in [0, 0.1) is 0 Å². The van der Waals surface area contributed by atoms with Gasteiger partial charge in [-0.1, -0.05) is 53.5 Å². The normalized spacial score (nSPS) is 12.7. The van der Waals surface area contributed by atoms with Gasteiger partial charge in [0.05, 0.1) is 11.6 Å². The molecule has 50 heavy (non-hydrogen) atoms. The molecule has 3 amide bonds. The average Bonchev–Trinajstić information content (AvgIpc) is 3.08. The van der Waals surface area contributed by atoms with E-state index < -0.39 is 52.8 Å². The van der Waals surface area contributed by atoms with E-state index in [-0.39, 0.29) is 40.6 Å². The third-order valence-corrected chi connectivity index (χ3v) is 9.38. The summed E-state index contributed by atoms with van der Waals surface area (Å²) in [4.78, 5) is 46.3. The number of hydrogen-bond acceptors (Lipinski definition) is 9. The topological polar surface area (TPSA) is 165 Å². The molecule has 2 atom stereocenters. The van der Waals surface area contributed by atoms with Gasteiger partial charge < -0.3 is 29.7 Å². The summed E-state index contributed by atoms with van der Waals surface area (Å²) >= 11 is 12.1. The van der Waals surface area contributed by atoms with Crippen LogP contribution in [0.2, 0.25) is 10.0 Å². The Hall–Kier alpha value is -3.79. The molecule has 0 aliphatic rings. The number of carbonyl (C=O) groups excluding carboxylic acids is 3. The zero-order valence-electron chi connectivity index (χ0n) is 28.3. The van der Waals surface area contributed by atoms with E-state index >= 15 is 0 Å². The Labute approximate surface area is 303 Å². The minimum absolute atomic E-state index is 0.0571. The summed E-state index contributed by atoms with van der Waals surface area (Å²) < 4.78 is 45.5.